The van der Waals surface area contributed by atoms with Gasteiger partial charge < -0.3 is 5.32 Å². The van der Waals surface area contributed by atoms with E-state index in [9.17, 15) is 9.59 Å². The Hall–Kier alpha value is -1.65. The molecular weight excluding hydrogens is 354 g/mol. The van der Waals surface area contributed by atoms with Gasteiger partial charge in [-0.2, -0.15) is 0 Å². The first-order chi connectivity index (χ1) is 10.0. The highest BCUT2D eigenvalue weighted by Crippen LogP contribution is 2.24. The topological polar surface area (TPSA) is 46.2 Å². The summed E-state index contributed by atoms with van der Waals surface area (Å²) in [7, 11) is 0. The third kappa shape index (κ3) is 3.93. The third-order valence-corrected chi connectivity index (χ3v) is 3.67. The van der Waals surface area contributed by atoms with Crippen molar-refractivity contribution in [2.75, 3.05) is 5.32 Å². The number of ketones is 1. The maximum atomic E-state index is 12.2. The van der Waals surface area contributed by atoms with Crippen LogP contribution in [-0.2, 0) is 0 Å². The van der Waals surface area contributed by atoms with Gasteiger partial charge in [0.25, 0.3) is 5.91 Å². The zero-order chi connectivity index (χ0) is 15.4. The fourth-order valence-corrected chi connectivity index (χ4v) is 2.43. The Bertz CT molecular complexity index is 700. The van der Waals surface area contributed by atoms with Gasteiger partial charge in [-0.25, -0.2) is 0 Å². The van der Waals surface area contributed by atoms with Gasteiger partial charge >= 0.3 is 0 Å². The largest absolute Gasteiger partial charge is 0.321 e. The number of halogens is 2. The molecule has 0 spiro atoms. The summed E-state index contributed by atoms with van der Waals surface area (Å²) in [5.41, 5.74) is 1.43. The molecule has 0 saturated heterocycles. The van der Waals surface area contributed by atoms with E-state index in [2.05, 4.69) is 21.2 Å². The molecule has 0 aliphatic rings. The summed E-state index contributed by atoms with van der Waals surface area (Å²) in [4.78, 5) is 24.2. The second-order valence-electron chi connectivity index (χ2n) is 4.43. The van der Waals surface area contributed by atoms with Crippen molar-refractivity contribution in [2.24, 2.45) is 0 Å². The summed E-state index contributed by atoms with van der Waals surface area (Å²) < 4.78 is 0.788. The second-order valence-corrected chi connectivity index (χ2v) is 5.78. The van der Waals surface area contributed by atoms with Crippen molar-refractivity contribution >= 4 is 44.9 Å². The van der Waals surface area contributed by atoms with Crippen molar-refractivity contribution in [2.45, 2.75) is 13.3 Å². The van der Waals surface area contributed by atoms with E-state index < -0.39 is 0 Å². The molecular formula is C16H13BrClNO2. The molecule has 108 valence electrons. The number of carbonyl (C=O) groups excluding carboxylic acids is 2. The van der Waals surface area contributed by atoms with Crippen LogP contribution >= 0.6 is 27.5 Å². The van der Waals surface area contributed by atoms with Crippen LogP contribution in [-0.4, -0.2) is 11.7 Å². The van der Waals surface area contributed by atoms with Gasteiger partial charge in [0.2, 0.25) is 0 Å². The molecule has 1 N–H and O–H groups in total. The Kier molecular flexibility index (Phi) is 5.15. The SMILES string of the molecule is CCC(=O)c1ccc(Br)cc1NC(=O)c1cccc(Cl)c1. The van der Waals surface area contributed by atoms with E-state index in [4.69, 9.17) is 11.6 Å². The summed E-state index contributed by atoms with van der Waals surface area (Å²) in [6.45, 7) is 1.78. The lowest BCUT2D eigenvalue weighted by molar-refractivity contribution is 0.0989. The van der Waals surface area contributed by atoms with Crippen LogP contribution in [0.2, 0.25) is 5.02 Å². The predicted molar refractivity (Wildman–Crippen MR) is 88.2 cm³/mol. The molecule has 2 rings (SSSR count). The Balaban J connectivity index is 2.32. The summed E-state index contributed by atoms with van der Waals surface area (Å²) in [6, 6.07) is 11.8. The molecule has 3 nitrogen and oxygen atoms in total. The summed E-state index contributed by atoms with van der Waals surface area (Å²) in [5, 5.41) is 3.25. The minimum atomic E-state index is -0.305. The van der Waals surface area contributed by atoms with Gasteiger partial charge in [-0.05, 0) is 36.4 Å². The van der Waals surface area contributed by atoms with Crippen molar-refractivity contribution in [3.05, 3.63) is 63.1 Å². The molecule has 2 aromatic rings. The Morgan fingerprint density at radius 2 is 1.95 bits per heavy atom. The quantitative estimate of drug-likeness (QED) is 0.778. The molecule has 2 aromatic carbocycles. The minimum absolute atomic E-state index is 0.0242. The average molecular weight is 367 g/mol. The number of benzene rings is 2. The molecule has 0 unspecified atom stereocenters. The van der Waals surface area contributed by atoms with Crippen LogP contribution in [0.15, 0.2) is 46.9 Å². The van der Waals surface area contributed by atoms with Crippen molar-refractivity contribution in [3.8, 4) is 0 Å². The first kappa shape index (κ1) is 15.7. The number of hydrogen-bond acceptors (Lipinski definition) is 2. The Morgan fingerprint density at radius 3 is 2.62 bits per heavy atom. The zero-order valence-corrected chi connectivity index (χ0v) is 13.7. The minimum Gasteiger partial charge on any atom is -0.321 e. The van der Waals surface area contributed by atoms with E-state index in [0.29, 0.717) is 28.3 Å². The number of nitrogens with one attached hydrogen (secondary N) is 1. The lowest BCUT2D eigenvalue weighted by atomic mass is 10.1. The molecule has 0 aliphatic carbocycles. The van der Waals surface area contributed by atoms with Gasteiger partial charge in [0.05, 0.1) is 5.69 Å². The monoisotopic (exact) mass is 365 g/mol. The number of anilines is 1. The standard InChI is InChI=1S/C16H13BrClNO2/c1-2-15(20)13-7-6-11(17)9-14(13)19-16(21)10-4-3-5-12(18)8-10/h3-9H,2H2,1H3,(H,19,21). The molecule has 0 bridgehead atoms. The molecule has 5 heteroatoms. The molecule has 0 saturated carbocycles. The molecule has 0 aliphatic heterocycles. The molecule has 0 aromatic heterocycles. The normalized spacial score (nSPS) is 10.2. The second kappa shape index (κ2) is 6.87. The first-order valence-electron chi connectivity index (χ1n) is 6.41. The highest BCUT2D eigenvalue weighted by atomic mass is 79.9. The molecule has 0 radical (unpaired) electrons. The maximum Gasteiger partial charge on any atom is 0.255 e. The van der Waals surface area contributed by atoms with E-state index in [1.165, 1.54) is 0 Å². The molecule has 1 amide bonds. The molecule has 0 fully saturated rings. The van der Waals surface area contributed by atoms with Gasteiger partial charge in [-0.3, -0.25) is 9.59 Å². The maximum absolute atomic E-state index is 12.2. The number of hydrogen-bond donors (Lipinski definition) is 1. The average Bonchev–Trinajstić information content (AvgIpc) is 2.46. The van der Waals surface area contributed by atoms with E-state index in [-0.39, 0.29) is 11.7 Å². The van der Waals surface area contributed by atoms with Gasteiger partial charge in [0.15, 0.2) is 5.78 Å². The van der Waals surface area contributed by atoms with Crippen LogP contribution in [0, 0.1) is 0 Å². The summed E-state index contributed by atoms with van der Waals surface area (Å²) >= 11 is 9.22. The highest BCUT2D eigenvalue weighted by molar-refractivity contribution is 9.10. The van der Waals surface area contributed by atoms with Crippen LogP contribution in [0.25, 0.3) is 0 Å². The van der Waals surface area contributed by atoms with Crippen molar-refractivity contribution < 1.29 is 9.59 Å². The van der Waals surface area contributed by atoms with Crippen LogP contribution in [0.4, 0.5) is 5.69 Å². The lowest BCUT2D eigenvalue weighted by Crippen LogP contribution is -2.14. The number of carbonyl (C=O) groups is 2. The van der Waals surface area contributed by atoms with Crippen LogP contribution < -0.4 is 5.32 Å². The smallest absolute Gasteiger partial charge is 0.255 e. The zero-order valence-electron chi connectivity index (χ0n) is 11.3. The highest BCUT2D eigenvalue weighted by Gasteiger charge is 2.14. The van der Waals surface area contributed by atoms with Crippen molar-refractivity contribution in [1.82, 2.24) is 0 Å². The Morgan fingerprint density at radius 1 is 1.19 bits per heavy atom. The fourth-order valence-electron chi connectivity index (χ4n) is 1.88. The lowest BCUT2D eigenvalue weighted by Gasteiger charge is -2.11. The molecule has 21 heavy (non-hydrogen) atoms. The predicted octanol–water partition coefficient (Wildman–Crippen LogP) is 4.95. The summed E-state index contributed by atoms with van der Waals surface area (Å²) in [5.74, 6) is -0.329. The first-order valence-corrected chi connectivity index (χ1v) is 7.58. The Labute approximate surface area is 136 Å². The van der Waals surface area contributed by atoms with E-state index in [0.717, 1.165) is 4.47 Å². The van der Waals surface area contributed by atoms with Crippen LogP contribution in [0.5, 0.6) is 0 Å². The number of amides is 1. The van der Waals surface area contributed by atoms with Gasteiger partial charge in [0, 0.05) is 27.0 Å². The van der Waals surface area contributed by atoms with Crippen LogP contribution in [0.1, 0.15) is 34.1 Å². The van der Waals surface area contributed by atoms with E-state index >= 15 is 0 Å². The van der Waals surface area contributed by atoms with Gasteiger partial charge in [-0.15, -0.1) is 0 Å². The van der Waals surface area contributed by atoms with Crippen molar-refractivity contribution in [3.63, 3.8) is 0 Å². The molecule has 0 heterocycles. The summed E-state index contributed by atoms with van der Waals surface area (Å²) in [6.07, 6.45) is 0.377. The van der Waals surface area contributed by atoms with Gasteiger partial charge in [0.1, 0.15) is 0 Å². The molecule has 0 atom stereocenters. The van der Waals surface area contributed by atoms with E-state index in [1.54, 1.807) is 49.4 Å². The van der Waals surface area contributed by atoms with E-state index in [1.807, 2.05) is 0 Å². The fraction of sp³-hybridized carbons (Fsp3) is 0.125. The van der Waals surface area contributed by atoms with Crippen molar-refractivity contribution in [1.29, 1.82) is 0 Å². The van der Waals surface area contributed by atoms with Gasteiger partial charge in [-0.1, -0.05) is 40.5 Å². The third-order valence-electron chi connectivity index (χ3n) is 2.94. The van der Waals surface area contributed by atoms with Crippen LogP contribution in [0.3, 0.4) is 0 Å². The number of rotatable bonds is 4. The number of Topliss-reactive ketones (excluding diaryl/α,β-unsaturated/α-hetero) is 1.